The summed E-state index contributed by atoms with van der Waals surface area (Å²) in [6, 6.07) is 12.9. The van der Waals surface area contributed by atoms with Gasteiger partial charge in [0, 0.05) is 24.7 Å². The van der Waals surface area contributed by atoms with Gasteiger partial charge in [-0.25, -0.2) is 4.39 Å². The first-order chi connectivity index (χ1) is 16.4. The second-order valence-corrected chi connectivity index (χ2v) is 9.45. The number of hydrogen-bond donors (Lipinski definition) is 0. The van der Waals surface area contributed by atoms with E-state index in [1.807, 2.05) is 17.0 Å². The van der Waals surface area contributed by atoms with Gasteiger partial charge >= 0.3 is 0 Å². The summed E-state index contributed by atoms with van der Waals surface area (Å²) >= 11 is 5.96. The first-order valence-electron chi connectivity index (χ1n) is 11.7. The van der Waals surface area contributed by atoms with Gasteiger partial charge in [-0.3, -0.25) is 9.59 Å². The van der Waals surface area contributed by atoms with Crippen LogP contribution in [0.4, 0.5) is 4.39 Å². The smallest absolute Gasteiger partial charge is 0.227 e. The number of halogens is 2. The number of rotatable bonds is 7. The Morgan fingerprint density at radius 3 is 2.35 bits per heavy atom. The van der Waals surface area contributed by atoms with Crippen LogP contribution in [0.25, 0.3) is 0 Å². The van der Waals surface area contributed by atoms with Crippen LogP contribution in [-0.2, 0) is 20.7 Å². The van der Waals surface area contributed by atoms with E-state index in [-0.39, 0.29) is 43.6 Å². The third-order valence-corrected chi connectivity index (χ3v) is 6.62. The number of hydrogen-bond acceptors (Lipinski definition) is 4. The second kappa shape index (κ2) is 11.2. The molecule has 2 fully saturated rings. The molecule has 1 atom stereocenters. The molecular weight excluding hydrogens is 459 g/mol. The van der Waals surface area contributed by atoms with Crippen LogP contribution in [0.15, 0.2) is 48.5 Å². The molecule has 2 saturated heterocycles. The fourth-order valence-corrected chi connectivity index (χ4v) is 4.59. The molecule has 182 valence electrons. The van der Waals surface area contributed by atoms with E-state index >= 15 is 0 Å². The summed E-state index contributed by atoms with van der Waals surface area (Å²) in [7, 11) is 0. The largest absolute Gasteiger partial charge is 0.490 e. The average molecular weight is 489 g/mol. The lowest BCUT2D eigenvalue weighted by atomic mass is 9.95. The van der Waals surface area contributed by atoms with Gasteiger partial charge in [-0.2, -0.15) is 0 Å². The van der Waals surface area contributed by atoms with E-state index in [2.05, 4.69) is 0 Å². The molecule has 0 saturated carbocycles. The van der Waals surface area contributed by atoms with Crippen molar-refractivity contribution >= 4 is 23.4 Å². The molecule has 2 amide bonds. The molecule has 2 aromatic carbocycles. The average Bonchev–Trinajstić information content (AvgIpc) is 2.86. The highest BCUT2D eigenvalue weighted by molar-refractivity contribution is 6.30. The molecule has 0 aromatic heterocycles. The summed E-state index contributed by atoms with van der Waals surface area (Å²) in [6.45, 7) is 2.58. The molecule has 0 bridgehead atoms. The summed E-state index contributed by atoms with van der Waals surface area (Å²) in [5.74, 6) is 0.103. The lowest BCUT2D eigenvalue weighted by Crippen LogP contribution is -2.58. The zero-order valence-electron chi connectivity index (χ0n) is 19.2. The SMILES string of the molecule is O=C(CC1(COc2ccc(F)cc2)CN(C(=O)Cc2ccc(Cl)cc2)CCO1)N1CCCCC1. The molecule has 0 radical (unpaired) electrons. The zero-order chi connectivity index (χ0) is 24.0. The third-order valence-electron chi connectivity index (χ3n) is 6.37. The molecule has 0 spiro atoms. The van der Waals surface area contributed by atoms with Gasteiger partial charge in [0.05, 0.1) is 26.0 Å². The van der Waals surface area contributed by atoms with Gasteiger partial charge in [0.2, 0.25) is 11.8 Å². The van der Waals surface area contributed by atoms with Crippen molar-refractivity contribution in [2.45, 2.75) is 37.7 Å². The number of carbonyl (C=O) groups is 2. The minimum atomic E-state index is -0.975. The first-order valence-corrected chi connectivity index (χ1v) is 12.1. The van der Waals surface area contributed by atoms with E-state index in [0.29, 0.717) is 23.9 Å². The van der Waals surface area contributed by atoms with Gasteiger partial charge in [-0.1, -0.05) is 23.7 Å². The Balaban J connectivity index is 1.48. The van der Waals surface area contributed by atoms with Crippen molar-refractivity contribution in [3.8, 4) is 5.75 Å². The monoisotopic (exact) mass is 488 g/mol. The maximum Gasteiger partial charge on any atom is 0.227 e. The predicted molar refractivity (Wildman–Crippen MR) is 127 cm³/mol. The molecule has 4 rings (SSSR count). The highest BCUT2D eigenvalue weighted by Crippen LogP contribution is 2.27. The topological polar surface area (TPSA) is 59.1 Å². The van der Waals surface area contributed by atoms with Gasteiger partial charge < -0.3 is 19.3 Å². The number of morpholine rings is 1. The second-order valence-electron chi connectivity index (χ2n) is 9.01. The van der Waals surface area contributed by atoms with Gasteiger partial charge in [0.15, 0.2) is 0 Å². The molecule has 6 nitrogen and oxygen atoms in total. The summed E-state index contributed by atoms with van der Waals surface area (Å²) in [6.07, 6.45) is 3.49. The highest BCUT2D eigenvalue weighted by Gasteiger charge is 2.42. The van der Waals surface area contributed by atoms with Crippen molar-refractivity contribution in [1.82, 2.24) is 9.80 Å². The van der Waals surface area contributed by atoms with E-state index < -0.39 is 5.60 Å². The maximum absolute atomic E-state index is 13.3. The first kappa shape index (κ1) is 24.5. The Bertz CT molecular complexity index is 979. The lowest BCUT2D eigenvalue weighted by molar-refractivity contribution is -0.166. The summed E-state index contributed by atoms with van der Waals surface area (Å²) in [5, 5.41) is 0.621. The number of benzene rings is 2. The van der Waals surface area contributed by atoms with Crippen LogP contribution < -0.4 is 4.74 Å². The molecular formula is C26H30ClFN2O4. The van der Waals surface area contributed by atoms with E-state index in [4.69, 9.17) is 21.1 Å². The van der Waals surface area contributed by atoms with Crippen molar-refractivity contribution < 1.29 is 23.5 Å². The summed E-state index contributed by atoms with van der Waals surface area (Å²) in [4.78, 5) is 29.9. The van der Waals surface area contributed by atoms with E-state index in [0.717, 1.165) is 37.9 Å². The van der Waals surface area contributed by atoms with Crippen molar-refractivity contribution in [3.63, 3.8) is 0 Å². The zero-order valence-corrected chi connectivity index (χ0v) is 19.9. The fraction of sp³-hybridized carbons (Fsp3) is 0.462. The number of likely N-dealkylation sites (tertiary alicyclic amines) is 1. The van der Waals surface area contributed by atoms with Crippen molar-refractivity contribution in [3.05, 3.63) is 64.9 Å². The molecule has 0 N–H and O–H groups in total. The van der Waals surface area contributed by atoms with Crippen LogP contribution in [0.5, 0.6) is 5.75 Å². The van der Waals surface area contributed by atoms with Crippen molar-refractivity contribution in [1.29, 1.82) is 0 Å². The quantitative estimate of drug-likeness (QED) is 0.588. The molecule has 2 aromatic rings. The number of nitrogens with zero attached hydrogens (tertiary/aromatic N) is 2. The molecule has 2 aliphatic rings. The van der Waals surface area contributed by atoms with Crippen LogP contribution in [0.3, 0.4) is 0 Å². The Morgan fingerprint density at radius 2 is 1.65 bits per heavy atom. The minimum absolute atomic E-state index is 0.00871. The highest BCUT2D eigenvalue weighted by atomic mass is 35.5. The van der Waals surface area contributed by atoms with E-state index in [1.54, 1.807) is 29.2 Å². The number of carbonyl (C=O) groups excluding carboxylic acids is 2. The molecule has 1 unspecified atom stereocenters. The Morgan fingerprint density at radius 1 is 0.941 bits per heavy atom. The number of piperidine rings is 1. The summed E-state index contributed by atoms with van der Waals surface area (Å²) in [5.41, 5.74) is -0.102. The molecule has 34 heavy (non-hydrogen) atoms. The van der Waals surface area contributed by atoms with Gasteiger partial charge in [-0.15, -0.1) is 0 Å². The Kier molecular flexibility index (Phi) is 8.06. The van der Waals surface area contributed by atoms with Crippen LogP contribution in [0.2, 0.25) is 5.02 Å². The minimum Gasteiger partial charge on any atom is -0.490 e. The fourth-order valence-electron chi connectivity index (χ4n) is 4.47. The lowest BCUT2D eigenvalue weighted by Gasteiger charge is -2.43. The van der Waals surface area contributed by atoms with Crippen LogP contribution >= 0.6 is 11.6 Å². The van der Waals surface area contributed by atoms with Gasteiger partial charge in [0.1, 0.15) is 23.8 Å². The molecule has 2 aliphatic heterocycles. The maximum atomic E-state index is 13.3. The van der Waals surface area contributed by atoms with Crippen molar-refractivity contribution in [2.75, 3.05) is 39.4 Å². The summed E-state index contributed by atoms with van der Waals surface area (Å²) < 4.78 is 25.4. The molecule has 2 heterocycles. The number of amides is 2. The van der Waals surface area contributed by atoms with E-state index in [9.17, 15) is 14.0 Å². The van der Waals surface area contributed by atoms with Crippen LogP contribution in [0, 0.1) is 5.82 Å². The Hall–Kier alpha value is -2.64. The van der Waals surface area contributed by atoms with Gasteiger partial charge in [0.25, 0.3) is 0 Å². The van der Waals surface area contributed by atoms with Crippen molar-refractivity contribution in [2.24, 2.45) is 0 Å². The molecule has 0 aliphatic carbocycles. The Labute approximate surface area is 204 Å². The standard InChI is InChI=1S/C26H30ClFN2O4/c27-21-6-4-20(5-7-21)16-24(31)30-14-15-34-26(18-30,17-25(32)29-12-2-1-3-13-29)19-33-23-10-8-22(28)9-11-23/h4-11H,1-3,12-19H2. The molecule has 8 heteroatoms. The third kappa shape index (κ3) is 6.48. The number of ether oxygens (including phenoxy) is 2. The van der Waals surface area contributed by atoms with E-state index in [1.165, 1.54) is 12.1 Å². The predicted octanol–water partition coefficient (Wildman–Crippen LogP) is 4.10. The normalized spacial score (nSPS) is 20.8. The van der Waals surface area contributed by atoms with Gasteiger partial charge in [-0.05, 0) is 61.2 Å². The van der Waals surface area contributed by atoms with Crippen LogP contribution in [0.1, 0.15) is 31.2 Å². The van der Waals surface area contributed by atoms with Crippen LogP contribution in [-0.4, -0.2) is 66.6 Å².